The maximum absolute atomic E-state index is 9.24. The molecule has 0 aromatic rings. The number of rotatable bonds is 0. The standard InChI is InChI=1S/C7H13NO/c1-5(2)6-3-8-4-7(6)9/h7-9H,3-4H2,1-2H3. The van der Waals surface area contributed by atoms with Crippen molar-refractivity contribution in [1.82, 2.24) is 5.32 Å². The van der Waals surface area contributed by atoms with Crippen LogP contribution in [0.15, 0.2) is 11.1 Å². The number of aliphatic hydroxyl groups excluding tert-OH is 1. The van der Waals surface area contributed by atoms with Crippen LogP contribution in [0.3, 0.4) is 0 Å². The molecule has 1 heterocycles. The summed E-state index contributed by atoms with van der Waals surface area (Å²) >= 11 is 0. The number of hydrogen-bond donors (Lipinski definition) is 2. The van der Waals surface area contributed by atoms with Crippen LogP contribution in [0, 0.1) is 0 Å². The van der Waals surface area contributed by atoms with E-state index in [1.54, 1.807) is 0 Å². The fraction of sp³-hybridized carbons (Fsp3) is 0.714. The van der Waals surface area contributed by atoms with E-state index in [9.17, 15) is 5.11 Å². The summed E-state index contributed by atoms with van der Waals surface area (Å²) < 4.78 is 0. The molecule has 0 aromatic carbocycles. The molecular weight excluding hydrogens is 114 g/mol. The van der Waals surface area contributed by atoms with E-state index in [1.165, 1.54) is 5.57 Å². The van der Waals surface area contributed by atoms with Crippen LogP contribution in [0.4, 0.5) is 0 Å². The van der Waals surface area contributed by atoms with Crippen molar-refractivity contribution in [3.8, 4) is 0 Å². The summed E-state index contributed by atoms with van der Waals surface area (Å²) in [5, 5.41) is 12.3. The monoisotopic (exact) mass is 127 g/mol. The summed E-state index contributed by atoms with van der Waals surface area (Å²) in [7, 11) is 0. The molecule has 1 unspecified atom stereocenters. The molecule has 2 N–H and O–H groups in total. The summed E-state index contributed by atoms with van der Waals surface area (Å²) in [5.74, 6) is 0. The van der Waals surface area contributed by atoms with Crippen LogP contribution in [0.1, 0.15) is 13.8 Å². The Labute approximate surface area is 55.6 Å². The van der Waals surface area contributed by atoms with E-state index in [0.29, 0.717) is 0 Å². The zero-order valence-corrected chi connectivity index (χ0v) is 5.94. The lowest BCUT2D eigenvalue weighted by Crippen LogP contribution is -2.12. The molecule has 1 rings (SSSR count). The molecule has 1 fully saturated rings. The molecule has 0 saturated carbocycles. The third kappa shape index (κ3) is 1.32. The first-order chi connectivity index (χ1) is 4.22. The zero-order valence-electron chi connectivity index (χ0n) is 5.94. The van der Waals surface area contributed by atoms with Crippen molar-refractivity contribution in [2.45, 2.75) is 20.0 Å². The van der Waals surface area contributed by atoms with Gasteiger partial charge in [-0.1, -0.05) is 5.57 Å². The molecule has 1 atom stereocenters. The first-order valence-electron chi connectivity index (χ1n) is 3.27. The lowest BCUT2D eigenvalue weighted by Gasteiger charge is -2.03. The van der Waals surface area contributed by atoms with Crippen LogP contribution in [-0.2, 0) is 0 Å². The lowest BCUT2D eigenvalue weighted by molar-refractivity contribution is 0.228. The highest BCUT2D eigenvalue weighted by Crippen LogP contribution is 2.11. The Kier molecular flexibility index (Phi) is 1.88. The average molecular weight is 127 g/mol. The van der Waals surface area contributed by atoms with Crippen LogP contribution in [0.25, 0.3) is 0 Å². The Bertz CT molecular complexity index is 136. The molecule has 0 spiro atoms. The minimum absolute atomic E-state index is 0.227. The molecule has 0 radical (unpaired) electrons. The van der Waals surface area contributed by atoms with Crippen molar-refractivity contribution in [1.29, 1.82) is 0 Å². The van der Waals surface area contributed by atoms with Gasteiger partial charge < -0.3 is 10.4 Å². The van der Waals surface area contributed by atoms with Crippen LogP contribution in [-0.4, -0.2) is 24.3 Å². The maximum Gasteiger partial charge on any atom is 0.0889 e. The average Bonchev–Trinajstić information content (AvgIpc) is 2.13. The van der Waals surface area contributed by atoms with E-state index in [0.717, 1.165) is 18.7 Å². The first kappa shape index (κ1) is 6.78. The second kappa shape index (κ2) is 2.50. The molecule has 0 aliphatic carbocycles. The topological polar surface area (TPSA) is 32.3 Å². The van der Waals surface area contributed by atoms with Crippen molar-refractivity contribution in [2.24, 2.45) is 0 Å². The van der Waals surface area contributed by atoms with E-state index in [2.05, 4.69) is 5.32 Å². The van der Waals surface area contributed by atoms with Gasteiger partial charge in [-0.05, 0) is 19.4 Å². The maximum atomic E-state index is 9.24. The number of β-amino-alcohol motifs (C(OH)–C–C–N with tert-alkyl or cyclic N) is 1. The van der Waals surface area contributed by atoms with Crippen LogP contribution in [0.2, 0.25) is 0 Å². The third-order valence-electron chi connectivity index (χ3n) is 1.70. The summed E-state index contributed by atoms with van der Waals surface area (Å²) in [6.45, 7) is 5.65. The van der Waals surface area contributed by atoms with Crippen molar-refractivity contribution < 1.29 is 5.11 Å². The summed E-state index contributed by atoms with van der Waals surface area (Å²) in [6.07, 6.45) is -0.227. The molecule has 0 bridgehead atoms. The fourth-order valence-electron chi connectivity index (χ4n) is 1.09. The number of hydrogen-bond acceptors (Lipinski definition) is 2. The third-order valence-corrected chi connectivity index (χ3v) is 1.70. The fourth-order valence-corrected chi connectivity index (χ4v) is 1.09. The predicted octanol–water partition coefficient (Wildman–Crippen LogP) is 0.287. The molecule has 1 aliphatic heterocycles. The van der Waals surface area contributed by atoms with Gasteiger partial charge in [0.25, 0.3) is 0 Å². The highest BCUT2D eigenvalue weighted by atomic mass is 16.3. The van der Waals surface area contributed by atoms with E-state index >= 15 is 0 Å². The molecule has 0 amide bonds. The number of nitrogens with one attached hydrogen (secondary N) is 1. The van der Waals surface area contributed by atoms with E-state index in [4.69, 9.17) is 0 Å². The molecule has 9 heavy (non-hydrogen) atoms. The van der Waals surface area contributed by atoms with Gasteiger partial charge in [0, 0.05) is 13.1 Å². The largest absolute Gasteiger partial charge is 0.387 e. The van der Waals surface area contributed by atoms with Gasteiger partial charge in [-0.2, -0.15) is 0 Å². The van der Waals surface area contributed by atoms with Crippen LogP contribution in [0.5, 0.6) is 0 Å². The molecule has 1 aliphatic rings. The van der Waals surface area contributed by atoms with Gasteiger partial charge in [-0.3, -0.25) is 0 Å². The van der Waals surface area contributed by atoms with E-state index < -0.39 is 0 Å². The smallest absolute Gasteiger partial charge is 0.0889 e. The number of allylic oxidation sites excluding steroid dienone is 1. The van der Waals surface area contributed by atoms with Gasteiger partial charge in [-0.25, -0.2) is 0 Å². The Morgan fingerprint density at radius 2 is 2.33 bits per heavy atom. The quantitative estimate of drug-likeness (QED) is 0.458. The minimum atomic E-state index is -0.227. The van der Waals surface area contributed by atoms with Gasteiger partial charge in [0.2, 0.25) is 0 Å². The Morgan fingerprint density at radius 1 is 1.67 bits per heavy atom. The first-order valence-corrected chi connectivity index (χ1v) is 3.27. The lowest BCUT2D eigenvalue weighted by atomic mass is 10.1. The van der Waals surface area contributed by atoms with Crippen LogP contribution < -0.4 is 5.32 Å². The van der Waals surface area contributed by atoms with Crippen molar-refractivity contribution in [3.63, 3.8) is 0 Å². The molecule has 52 valence electrons. The van der Waals surface area contributed by atoms with Gasteiger partial charge in [0.15, 0.2) is 0 Å². The van der Waals surface area contributed by atoms with E-state index in [1.807, 2.05) is 13.8 Å². The normalized spacial score (nSPS) is 27.0. The van der Waals surface area contributed by atoms with Crippen LogP contribution >= 0.6 is 0 Å². The van der Waals surface area contributed by atoms with Gasteiger partial charge in [0.05, 0.1) is 6.10 Å². The Balaban J connectivity index is 2.70. The SMILES string of the molecule is CC(C)=C1CNCC1O. The number of aliphatic hydroxyl groups is 1. The van der Waals surface area contributed by atoms with E-state index in [-0.39, 0.29) is 6.10 Å². The van der Waals surface area contributed by atoms with Gasteiger partial charge in [0.1, 0.15) is 0 Å². The minimum Gasteiger partial charge on any atom is -0.387 e. The van der Waals surface area contributed by atoms with Crippen molar-refractivity contribution in [2.75, 3.05) is 13.1 Å². The summed E-state index contributed by atoms with van der Waals surface area (Å²) in [4.78, 5) is 0. The van der Waals surface area contributed by atoms with Gasteiger partial charge >= 0.3 is 0 Å². The van der Waals surface area contributed by atoms with Crippen molar-refractivity contribution in [3.05, 3.63) is 11.1 Å². The molecule has 1 saturated heterocycles. The molecule has 2 nitrogen and oxygen atoms in total. The predicted molar refractivity (Wildman–Crippen MR) is 37.3 cm³/mol. The summed E-state index contributed by atoms with van der Waals surface area (Å²) in [6, 6.07) is 0. The second-order valence-corrected chi connectivity index (χ2v) is 2.67. The Hall–Kier alpha value is -0.340. The van der Waals surface area contributed by atoms with Gasteiger partial charge in [-0.15, -0.1) is 0 Å². The zero-order chi connectivity index (χ0) is 6.85. The molecular formula is C7H13NO. The highest BCUT2D eigenvalue weighted by molar-refractivity contribution is 5.20. The highest BCUT2D eigenvalue weighted by Gasteiger charge is 2.17. The van der Waals surface area contributed by atoms with Crippen molar-refractivity contribution >= 4 is 0 Å². The molecule has 2 heteroatoms. The Morgan fingerprint density at radius 3 is 2.56 bits per heavy atom. The molecule has 0 aromatic heterocycles. The summed E-state index contributed by atoms with van der Waals surface area (Å²) in [5.41, 5.74) is 2.41. The second-order valence-electron chi connectivity index (χ2n) is 2.67.